The van der Waals surface area contributed by atoms with Gasteiger partial charge in [0.1, 0.15) is 6.23 Å². The molecule has 5 nitrogen and oxygen atoms in total. The molecule has 1 heterocycles. The highest BCUT2D eigenvalue weighted by Crippen LogP contribution is 2.21. The zero-order valence-electron chi connectivity index (χ0n) is 12.1. The lowest BCUT2D eigenvalue weighted by molar-refractivity contribution is 0.0336. The lowest BCUT2D eigenvalue weighted by Crippen LogP contribution is -2.41. The average Bonchev–Trinajstić information content (AvgIpc) is 2.70. The molecular weight excluding hydrogens is 276 g/mol. The van der Waals surface area contributed by atoms with Gasteiger partial charge in [0.2, 0.25) is 0 Å². The van der Waals surface area contributed by atoms with Crippen molar-refractivity contribution in [2.75, 3.05) is 7.05 Å². The summed E-state index contributed by atoms with van der Waals surface area (Å²) in [6.07, 6.45) is 3.24. The number of hydrogen-bond donors (Lipinski definition) is 0. The van der Waals surface area contributed by atoms with E-state index >= 15 is 0 Å². The Kier molecular flexibility index (Phi) is 4.06. The summed E-state index contributed by atoms with van der Waals surface area (Å²) < 4.78 is 29.7. The summed E-state index contributed by atoms with van der Waals surface area (Å²) in [7, 11) is -1.82. The number of nitrogens with zero attached hydrogens (tertiary/aromatic N) is 2. The highest BCUT2D eigenvalue weighted by atomic mass is 32.2. The monoisotopic (exact) mass is 296 g/mol. The molecule has 0 bridgehead atoms. The van der Waals surface area contributed by atoms with E-state index in [-0.39, 0.29) is 11.1 Å². The van der Waals surface area contributed by atoms with Gasteiger partial charge in [-0.15, -0.1) is 0 Å². The Balaban J connectivity index is 2.12. The van der Waals surface area contributed by atoms with Crippen LogP contribution in [0.15, 0.2) is 41.6 Å². The normalized spacial score (nSPS) is 20.5. The highest BCUT2D eigenvalue weighted by molar-refractivity contribution is 7.86. The third-order valence-electron chi connectivity index (χ3n) is 3.49. The van der Waals surface area contributed by atoms with Gasteiger partial charge in [-0.1, -0.05) is 17.7 Å². The summed E-state index contributed by atoms with van der Waals surface area (Å²) in [6.45, 7) is 5.62. The van der Waals surface area contributed by atoms with E-state index in [1.54, 1.807) is 31.2 Å². The predicted octanol–water partition coefficient (Wildman–Crippen LogP) is 2.11. The smallest absolute Gasteiger partial charge is 0.298 e. The van der Waals surface area contributed by atoms with Gasteiger partial charge in [0.25, 0.3) is 10.1 Å². The minimum absolute atomic E-state index is 0.0678. The molecule has 0 N–H and O–H groups in total. The Hall–Kier alpha value is -1.53. The molecule has 0 radical (unpaired) electrons. The molecule has 0 aliphatic carbocycles. The predicted molar refractivity (Wildman–Crippen MR) is 77.1 cm³/mol. The topological polar surface area (TPSA) is 49.9 Å². The molecule has 0 spiro atoms. The van der Waals surface area contributed by atoms with Crippen molar-refractivity contribution in [2.45, 2.75) is 38.1 Å². The average molecular weight is 296 g/mol. The van der Waals surface area contributed by atoms with E-state index in [0.717, 1.165) is 5.56 Å². The van der Waals surface area contributed by atoms with Gasteiger partial charge in [0.15, 0.2) is 0 Å². The zero-order valence-corrected chi connectivity index (χ0v) is 13.0. The Morgan fingerprint density at radius 2 is 1.80 bits per heavy atom. The largest absolute Gasteiger partial charge is 0.359 e. The van der Waals surface area contributed by atoms with Crippen molar-refractivity contribution in [3.8, 4) is 0 Å². The molecule has 1 aliphatic heterocycles. The number of aryl methyl sites for hydroxylation is 1. The van der Waals surface area contributed by atoms with Crippen LogP contribution in [-0.4, -0.2) is 37.7 Å². The van der Waals surface area contributed by atoms with Gasteiger partial charge in [-0.25, -0.2) is 4.18 Å². The van der Waals surface area contributed by atoms with Crippen molar-refractivity contribution in [2.24, 2.45) is 0 Å². The molecule has 0 saturated heterocycles. The van der Waals surface area contributed by atoms with Crippen molar-refractivity contribution in [3.05, 3.63) is 42.2 Å². The maximum atomic E-state index is 12.2. The maximum Gasteiger partial charge on any atom is 0.298 e. The van der Waals surface area contributed by atoms with E-state index in [1.165, 1.54) is 0 Å². The summed E-state index contributed by atoms with van der Waals surface area (Å²) in [6, 6.07) is 6.64. The highest BCUT2D eigenvalue weighted by Gasteiger charge is 2.28. The molecule has 1 aliphatic rings. The molecule has 1 aromatic rings. The summed E-state index contributed by atoms with van der Waals surface area (Å²) in [5, 5.41) is 0. The van der Waals surface area contributed by atoms with Crippen LogP contribution in [0.1, 0.15) is 19.4 Å². The summed E-state index contributed by atoms with van der Waals surface area (Å²) >= 11 is 0. The third-order valence-corrected chi connectivity index (χ3v) is 4.87. The van der Waals surface area contributed by atoms with Crippen LogP contribution in [0.25, 0.3) is 0 Å². The molecule has 110 valence electrons. The van der Waals surface area contributed by atoms with E-state index in [0.29, 0.717) is 0 Å². The van der Waals surface area contributed by atoms with Crippen LogP contribution in [-0.2, 0) is 14.3 Å². The lowest BCUT2D eigenvalue weighted by Gasteiger charge is -2.31. The summed E-state index contributed by atoms with van der Waals surface area (Å²) in [5.41, 5.74) is 1.01. The SMILES string of the molecule is Cc1ccc(S(=O)(=O)OC(C)N2C=CN(C)C2C)cc1. The first-order valence-electron chi connectivity index (χ1n) is 6.49. The fraction of sp³-hybridized carbons (Fsp3) is 0.429. The minimum atomic E-state index is -3.75. The van der Waals surface area contributed by atoms with E-state index in [9.17, 15) is 8.42 Å². The molecule has 2 atom stereocenters. The molecule has 0 aromatic heterocycles. The van der Waals surface area contributed by atoms with Gasteiger partial charge in [-0.3, -0.25) is 0 Å². The first-order chi connectivity index (χ1) is 9.31. The zero-order chi connectivity index (χ0) is 14.9. The van der Waals surface area contributed by atoms with E-state index in [4.69, 9.17) is 4.18 Å². The molecule has 0 fully saturated rings. The molecule has 2 unspecified atom stereocenters. The Morgan fingerprint density at radius 1 is 1.20 bits per heavy atom. The first-order valence-corrected chi connectivity index (χ1v) is 7.90. The second-order valence-corrected chi connectivity index (χ2v) is 6.58. The van der Waals surface area contributed by atoms with Gasteiger partial charge < -0.3 is 9.80 Å². The molecule has 1 aromatic carbocycles. The Bertz CT molecular complexity index is 595. The van der Waals surface area contributed by atoms with E-state index < -0.39 is 16.3 Å². The van der Waals surface area contributed by atoms with Crippen LogP contribution in [0.5, 0.6) is 0 Å². The molecule has 2 rings (SSSR count). The van der Waals surface area contributed by atoms with Gasteiger partial charge >= 0.3 is 0 Å². The summed E-state index contributed by atoms with van der Waals surface area (Å²) in [5.74, 6) is 0. The van der Waals surface area contributed by atoms with E-state index in [2.05, 4.69) is 0 Å². The molecular formula is C14H20N2O3S. The fourth-order valence-electron chi connectivity index (χ4n) is 2.06. The van der Waals surface area contributed by atoms with Crippen molar-refractivity contribution < 1.29 is 12.6 Å². The molecule has 0 saturated carbocycles. The van der Waals surface area contributed by atoms with Crippen molar-refractivity contribution >= 4 is 10.1 Å². The van der Waals surface area contributed by atoms with Crippen LogP contribution in [0.3, 0.4) is 0 Å². The number of hydrogen-bond acceptors (Lipinski definition) is 5. The van der Waals surface area contributed by atoms with Crippen molar-refractivity contribution in [3.63, 3.8) is 0 Å². The third kappa shape index (κ3) is 2.96. The maximum absolute atomic E-state index is 12.2. The van der Waals surface area contributed by atoms with Crippen LogP contribution in [0.4, 0.5) is 0 Å². The van der Waals surface area contributed by atoms with E-state index in [1.807, 2.05) is 43.1 Å². The number of benzene rings is 1. The first kappa shape index (κ1) is 14.9. The van der Waals surface area contributed by atoms with Gasteiger partial charge in [0, 0.05) is 19.4 Å². The standard InChI is InChI=1S/C14H20N2O3S/c1-11-5-7-14(8-6-11)20(17,18)19-13(3)16-10-9-15(4)12(16)2/h5-10,12-13H,1-4H3. The quantitative estimate of drug-likeness (QED) is 0.797. The fourth-order valence-corrected chi connectivity index (χ4v) is 3.11. The minimum Gasteiger partial charge on any atom is -0.359 e. The van der Waals surface area contributed by atoms with Crippen LogP contribution < -0.4 is 0 Å². The Morgan fingerprint density at radius 3 is 2.30 bits per heavy atom. The molecule has 0 amide bonds. The molecule has 20 heavy (non-hydrogen) atoms. The van der Waals surface area contributed by atoms with Gasteiger partial charge in [-0.2, -0.15) is 8.42 Å². The van der Waals surface area contributed by atoms with Crippen molar-refractivity contribution in [1.29, 1.82) is 0 Å². The van der Waals surface area contributed by atoms with Crippen LogP contribution >= 0.6 is 0 Å². The second-order valence-electron chi connectivity index (χ2n) is 5.01. The van der Waals surface area contributed by atoms with Gasteiger partial charge in [0.05, 0.1) is 11.1 Å². The molecule has 6 heteroatoms. The lowest BCUT2D eigenvalue weighted by atomic mass is 10.2. The summed E-state index contributed by atoms with van der Waals surface area (Å²) in [4.78, 5) is 4.02. The Labute approximate surface area is 120 Å². The number of rotatable bonds is 4. The second kappa shape index (κ2) is 5.46. The van der Waals surface area contributed by atoms with Crippen molar-refractivity contribution in [1.82, 2.24) is 9.80 Å². The van der Waals surface area contributed by atoms with Crippen LogP contribution in [0.2, 0.25) is 0 Å². The van der Waals surface area contributed by atoms with Crippen LogP contribution in [0, 0.1) is 6.92 Å². The van der Waals surface area contributed by atoms with Gasteiger partial charge in [-0.05, 0) is 32.9 Å².